The molecule has 7 rings (SSSR count). The number of benzene rings is 1. The number of hydrogen-bond acceptors (Lipinski definition) is 6. The molecule has 0 spiro atoms. The van der Waals surface area contributed by atoms with Crippen molar-refractivity contribution in [1.29, 1.82) is 0 Å². The molecule has 5 fully saturated rings. The van der Waals surface area contributed by atoms with Gasteiger partial charge in [0.25, 0.3) is 5.91 Å². The Labute approximate surface area is 229 Å². The molecule has 6 aliphatic rings. The summed E-state index contributed by atoms with van der Waals surface area (Å²) >= 11 is 0. The lowest BCUT2D eigenvalue weighted by atomic mass is 9.83. The van der Waals surface area contributed by atoms with E-state index in [-0.39, 0.29) is 53.7 Å². The molecule has 208 valence electrons. The average molecular weight is 534 g/mol. The Morgan fingerprint density at radius 2 is 1.79 bits per heavy atom. The normalized spacial score (nSPS) is 34.5. The molecule has 6 atom stereocenters. The summed E-state index contributed by atoms with van der Waals surface area (Å²) in [6.07, 6.45) is 12.6. The van der Waals surface area contributed by atoms with E-state index in [1.54, 1.807) is 7.11 Å². The highest BCUT2D eigenvalue weighted by atomic mass is 16.7. The van der Waals surface area contributed by atoms with E-state index in [9.17, 15) is 9.59 Å². The molecule has 0 radical (unpaired) electrons. The quantitative estimate of drug-likeness (QED) is 0.517. The van der Waals surface area contributed by atoms with Crippen LogP contribution in [0.1, 0.15) is 73.7 Å². The molecule has 1 aromatic rings. The number of fused-ring (bicyclic) bond motifs is 3. The molecular formula is C31H39N3O5. The van der Waals surface area contributed by atoms with Crippen molar-refractivity contribution < 1.29 is 23.9 Å². The molecule has 0 aromatic heterocycles. The Morgan fingerprint density at radius 3 is 2.59 bits per heavy atom. The zero-order valence-electron chi connectivity index (χ0n) is 22.7. The molecule has 1 saturated heterocycles. The number of amides is 2. The average Bonchev–Trinajstić information content (AvgIpc) is 3.24. The fourth-order valence-corrected chi connectivity index (χ4v) is 7.73. The summed E-state index contributed by atoms with van der Waals surface area (Å²) in [6, 6.07) is 5.64. The number of carbonyl (C=O) groups is 2. The number of nitrogens with one attached hydrogen (secondary N) is 2. The van der Waals surface area contributed by atoms with E-state index >= 15 is 0 Å². The summed E-state index contributed by atoms with van der Waals surface area (Å²) < 4.78 is 11.2. The first kappa shape index (κ1) is 25.1. The van der Waals surface area contributed by atoms with E-state index in [2.05, 4.69) is 21.9 Å². The predicted octanol–water partition coefficient (Wildman–Crippen LogP) is 3.98. The summed E-state index contributed by atoms with van der Waals surface area (Å²) in [5, 5.41) is 11.0. The Kier molecular flexibility index (Phi) is 6.61. The maximum Gasteiger partial charge on any atom is 0.255 e. The van der Waals surface area contributed by atoms with Crippen LogP contribution in [0.15, 0.2) is 35.0 Å². The standard InChI is InChI=1S/C31H39N3O5/c1-37-25-12-9-18(28-24-15-38-16-26(24)39-34-28)14-23(25)30(35)33-29-21-11-10-20(22(21)13-17-7-8-17)27(29)31(36)32-19-5-3-2-4-6-19/h9,12-14,17,19-21,24,26-27,29H,2-8,10-11,15-16H2,1H3,(H,32,36)(H,33,35)/b22-13-/t20?,21-,24?,26?,27+,29-/m1/s1. The first-order valence-electron chi connectivity index (χ1n) is 14.9. The number of methoxy groups -OCH3 is 1. The largest absolute Gasteiger partial charge is 0.496 e. The fourth-order valence-electron chi connectivity index (χ4n) is 7.73. The fraction of sp³-hybridized carbons (Fsp3) is 0.645. The van der Waals surface area contributed by atoms with Gasteiger partial charge in [0.1, 0.15) is 5.75 Å². The Balaban J connectivity index is 1.15. The van der Waals surface area contributed by atoms with Crippen LogP contribution in [0, 0.1) is 29.6 Å². The third-order valence-corrected chi connectivity index (χ3v) is 9.91. The topological polar surface area (TPSA) is 98.2 Å². The lowest BCUT2D eigenvalue weighted by Crippen LogP contribution is -2.51. The van der Waals surface area contributed by atoms with Crippen LogP contribution in [0.4, 0.5) is 0 Å². The lowest BCUT2D eigenvalue weighted by Gasteiger charge is -2.32. The van der Waals surface area contributed by atoms with Gasteiger partial charge in [-0.1, -0.05) is 36.1 Å². The van der Waals surface area contributed by atoms with Crippen LogP contribution in [0.2, 0.25) is 0 Å². The minimum Gasteiger partial charge on any atom is -0.496 e. The summed E-state index contributed by atoms with van der Waals surface area (Å²) in [6.45, 7) is 1.10. The zero-order valence-corrected chi connectivity index (χ0v) is 22.7. The number of carbonyl (C=O) groups excluding carboxylic acids is 2. The van der Waals surface area contributed by atoms with Crippen molar-refractivity contribution in [2.75, 3.05) is 20.3 Å². The Morgan fingerprint density at radius 1 is 0.974 bits per heavy atom. The summed E-state index contributed by atoms with van der Waals surface area (Å²) in [7, 11) is 1.58. The van der Waals surface area contributed by atoms with E-state index < -0.39 is 0 Å². The van der Waals surface area contributed by atoms with Crippen molar-refractivity contribution in [3.8, 4) is 5.75 Å². The molecule has 4 saturated carbocycles. The summed E-state index contributed by atoms with van der Waals surface area (Å²) in [4.78, 5) is 33.3. The van der Waals surface area contributed by atoms with Gasteiger partial charge in [-0.3, -0.25) is 9.59 Å². The third kappa shape index (κ3) is 4.64. The van der Waals surface area contributed by atoms with E-state index in [0.717, 1.165) is 37.0 Å². The highest BCUT2D eigenvalue weighted by molar-refractivity contribution is 6.06. The van der Waals surface area contributed by atoms with Gasteiger partial charge < -0.3 is 24.9 Å². The molecule has 2 aliphatic heterocycles. The van der Waals surface area contributed by atoms with Gasteiger partial charge in [-0.15, -0.1) is 0 Å². The second-order valence-electron chi connectivity index (χ2n) is 12.3. The highest BCUT2D eigenvalue weighted by Crippen LogP contribution is 2.54. The van der Waals surface area contributed by atoms with E-state index in [1.165, 1.54) is 37.7 Å². The molecule has 2 bridgehead atoms. The molecule has 2 N–H and O–H groups in total. The van der Waals surface area contributed by atoms with Crippen LogP contribution in [-0.4, -0.2) is 56.0 Å². The van der Waals surface area contributed by atoms with Gasteiger partial charge in [0, 0.05) is 23.6 Å². The number of hydrogen-bond donors (Lipinski definition) is 2. The van der Waals surface area contributed by atoms with Gasteiger partial charge in [-0.05, 0) is 68.6 Å². The van der Waals surface area contributed by atoms with Gasteiger partial charge in [0.15, 0.2) is 6.10 Å². The summed E-state index contributed by atoms with van der Waals surface area (Å²) in [5.74, 6) is 1.37. The van der Waals surface area contributed by atoms with Crippen LogP contribution in [-0.2, 0) is 14.4 Å². The lowest BCUT2D eigenvalue weighted by molar-refractivity contribution is -0.128. The predicted molar refractivity (Wildman–Crippen MR) is 145 cm³/mol. The molecule has 8 heteroatoms. The zero-order chi connectivity index (χ0) is 26.5. The Bertz CT molecular complexity index is 1200. The van der Waals surface area contributed by atoms with E-state index in [1.807, 2.05) is 18.2 Å². The van der Waals surface area contributed by atoms with E-state index in [0.29, 0.717) is 30.4 Å². The van der Waals surface area contributed by atoms with Crippen LogP contribution in [0.5, 0.6) is 5.75 Å². The van der Waals surface area contributed by atoms with Crippen LogP contribution >= 0.6 is 0 Å². The minimum absolute atomic E-state index is 0.0615. The first-order valence-corrected chi connectivity index (χ1v) is 14.9. The van der Waals surface area contributed by atoms with Crippen molar-refractivity contribution in [3.63, 3.8) is 0 Å². The van der Waals surface area contributed by atoms with Crippen molar-refractivity contribution in [1.82, 2.24) is 10.6 Å². The number of allylic oxidation sites excluding steroid dienone is 1. The molecule has 3 unspecified atom stereocenters. The van der Waals surface area contributed by atoms with Gasteiger partial charge in [-0.25, -0.2) is 0 Å². The van der Waals surface area contributed by atoms with Gasteiger partial charge in [-0.2, -0.15) is 0 Å². The molecule has 8 nitrogen and oxygen atoms in total. The highest BCUT2D eigenvalue weighted by Gasteiger charge is 2.55. The van der Waals surface area contributed by atoms with Crippen LogP contribution < -0.4 is 15.4 Å². The van der Waals surface area contributed by atoms with E-state index in [4.69, 9.17) is 14.3 Å². The molecule has 1 aromatic carbocycles. The second-order valence-corrected chi connectivity index (χ2v) is 12.3. The number of nitrogens with zero attached hydrogens (tertiary/aromatic N) is 1. The number of oxime groups is 1. The maximum absolute atomic E-state index is 13.9. The molecule has 2 amide bonds. The Hall–Kier alpha value is -2.87. The number of ether oxygens (including phenoxy) is 2. The maximum atomic E-state index is 13.9. The van der Waals surface area contributed by atoms with Crippen LogP contribution in [0.3, 0.4) is 0 Å². The van der Waals surface area contributed by atoms with Crippen molar-refractivity contribution in [2.45, 2.75) is 76.0 Å². The second kappa shape index (κ2) is 10.3. The van der Waals surface area contributed by atoms with Gasteiger partial charge >= 0.3 is 0 Å². The molecular weight excluding hydrogens is 494 g/mol. The SMILES string of the molecule is COc1ccc(C2=NOC3COCC23)cc1C(=O)N[C@@H]1[C@@H]2CCC(/C2=C/C2CC2)[C@@H]1C(=O)NC1CCCCC1. The molecule has 39 heavy (non-hydrogen) atoms. The van der Waals surface area contributed by atoms with Crippen molar-refractivity contribution in [3.05, 3.63) is 41.0 Å². The van der Waals surface area contributed by atoms with Crippen molar-refractivity contribution in [2.24, 2.45) is 34.7 Å². The minimum atomic E-state index is -0.224. The van der Waals surface area contributed by atoms with Crippen LogP contribution in [0.25, 0.3) is 0 Å². The van der Waals surface area contributed by atoms with Gasteiger partial charge in [0.05, 0.1) is 43.4 Å². The third-order valence-electron chi connectivity index (χ3n) is 9.91. The number of rotatable bonds is 7. The monoisotopic (exact) mass is 533 g/mol. The first-order chi connectivity index (χ1) is 19.1. The summed E-state index contributed by atoms with van der Waals surface area (Å²) in [5.41, 5.74) is 3.53. The van der Waals surface area contributed by atoms with Crippen molar-refractivity contribution >= 4 is 17.5 Å². The smallest absolute Gasteiger partial charge is 0.255 e. The molecule has 2 heterocycles. The van der Waals surface area contributed by atoms with Gasteiger partial charge in [0.2, 0.25) is 5.91 Å². The molecule has 4 aliphatic carbocycles.